The molecule has 166 valence electrons. The first-order valence-electron chi connectivity index (χ1n) is 10.4. The van der Waals surface area contributed by atoms with E-state index in [9.17, 15) is 13.6 Å². The van der Waals surface area contributed by atoms with Crippen molar-refractivity contribution < 1.29 is 13.6 Å². The first kappa shape index (κ1) is 23.1. The minimum absolute atomic E-state index is 0.0873. The van der Waals surface area contributed by atoms with Crippen LogP contribution in [0.3, 0.4) is 0 Å². The number of thioether (sulfide) groups is 1. The third kappa shape index (κ3) is 6.24. The third-order valence-electron chi connectivity index (χ3n) is 5.19. The van der Waals surface area contributed by atoms with E-state index in [1.165, 1.54) is 29.8 Å². The number of hydrogen-bond donors (Lipinski definition) is 0. The van der Waals surface area contributed by atoms with Gasteiger partial charge in [-0.3, -0.25) is 4.79 Å². The molecule has 6 heteroatoms. The smallest absolute Gasteiger partial charge is 0.188 e. The van der Waals surface area contributed by atoms with Gasteiger partial charge in [0.2, 0.25) is 0 Å². The Bertz CT molecular complexity index is 1140. The molecule has 0 N–H and O–H groups in total. The van der Waals surface area contributed by atoms with Crippen LogP contribution >= 0.6 is 24.0 Å². The number of benzene rings is 3. The second kappa shape index (κ2) is 10.7. The Morgan fingerprint density at radius 2 is 1.30 bits per heavy atom. The van der Waals surface area contributed by atoms with Gasteiger partial charge in [0.1, 0.15) is 16.0 Å². The fourth-order valence-electron chi connectivity index (χ4n) is 3.50. The zero-order valence-corrected chi connectivity index (χ0v) is 19.3. The van der Waals surface area contributed by atoms with Gasteiger partial charge < -0.3 is 4.90 Å². The molecular formula is C27H21F2NOS2. The number of Topliss-reactive ketones (excluding diaryl/α,β-unsaturated/α-hetero) is 1. The summed E-state index contributed by atoms with van der Waals surface area (Å²) in [7, 11) is 0. The first-order chi connectivity index (χ1) is 16.0. The molecule has 0 saturated carbocycles. The van der Waals surface area contributed by atoms with E-state index >= 15 is 0 Å². The van der Waals surface area contributed by atoms with Crippen molar-refractivity contribution in [3.8, 4) is 0 Å². The molecule has 0 amide bonds. The maximum atomic E-state index is 13.3. The number of likely N-dealkylation sites (tertiary alicyclic amines) is 1. The maximum Gasteiger partial charge on any atom is 0.188 e. The Morgan fingerprint density at radius 3 is 1.79 bits per heavy atom. The third-order valence-corrected chi connectivity index (χ3v) is 6.79. The van der Waals surface area contributed by atoms with Crippen LogP contribution < -0.4 is 0 Å². The van der Waals surface area contributed by atoms with Gasteiger partial charge in [-0.05, 0) is 53.1 Å². The van der Waals surface area contributed by atoms with E-state index in [4.69, 9.17) is 12.2 Å². The molecule has 0 unspecified atom stereocenters. The van der Waals surface area contributed by atoms with Crippen LogP contribution in [-0.2, 0) is 10.5 Å². The van der Waals surface area contributed by atoms with E-state index in [0.29, 0.717) is 28.6 Å². The quantitative estimate of drug-likeness (QED) is 0.314. The number of halogens is 2. The summed E-state index contributed by atoms with van der Waals surface area (Å²) in [6.07, 6.45) is 3.55. The number of nitrogens with zero attached hydrogens (tertiary/aromatic N) is 1. The van der Waals surface area contributed by atoms with Gasteiger partial charge in [0, 0.05) is 30.0 Å². The number of carbonyl (C=O) groups is 1. The lowest BCUT2D eigenvalue weighted by Crippen LogP contribution is -2.39. The summed E-state index contributed by atoms with van der Waals surface area (Å²) in [5, 5.41) is 0. The average molecular weight is 478 g/mol. The van der Waals surface area contributed by atoms with E-state index in [1.807, 2.05) is 23.1 Å². The largest absolute Gasteiger partial charge is 0.349 e. The summed E-state index contributed by atoms with van der Waals surface area (Å²) < 4.78 is 27.3. The zero-order valence-electron chi connectivity index (χ0n) is 17.7. The average Bonchev–Trinajstić information content (AvgIpc) is 2.83. The fraction of sp³-hybridized carbons (Fsp3) is 0.111. The van der Waals surface area contributed by atoms with Gasteiger partial charge in [-0.25, -0.2) is 8.78 Å². The highest BCUT2D eigenvalue weighted by Crippen LogP contribution is 2.26. The molecule has 0 aromatic heterocycles. The second-order valence-corrected chi connectivity index (χ2v) is 9.28. The standard InChI is InChI=1S/C27H21F2NOS2/c28-24-10-6-19(7-11-24)14-22-16-30(27(32)33-18-21-4-2-1-3-5-21)17-23(26(22)31)15-20-8-12-25(29)13-9-20/h1-15H,16-18H2/b22-14+,23-15+. The molecule has 1 aliphatic heterocycles. The van der Waals surface area contributed by atoms with E-state index < -0.39 is 0 Å². The van der Waals surface area contributed by atoms with E-state index in [2.05, 4.69) is 12.1 Å². The number of thiocarbonyl (C=S) groups is 1. The Balaban J connectivity index is 1.60. The predicted molar refractivity (Wildman–Crippen MR) is 136 cm³/mol. The molecule has 3 aromatic carbocycles. The molecule has 1 saturated heterocycles. The molecule has 33 heavy (non-hydrogen) atoms. The molecule has 0 spiro atoms. The highest BCUT2D eigenvalue weighted by Gasteiger charge is 2.27. The van der Waals surface area contributed by atoms with Crippen molar-refractivity contribution in [3.05, 3.63) is 118 Å². The molecular weight excluding hydrogens is 456 g/mol. The van der Waals surface area contributed by atoms with Crippen LogP contribution in [0.15, 0.2) is 90.0 Å². The number of piperidine rings is 1. The lowest BCUT2D eigenvalue weighted by atomic mass is 9.94. The van der Waals surface area contributed by atoms with Gasteiger partial charge in [-0.1, -0.05) is 78.6 Å². The number of carbonyl (C=O) groups excluding carboxylic acids is 1. The van der Waals surface area contributed by atoms with Crippen molar-refractivity contribution in [2.75, 3.05) is 13.1 Å². The number of rotatable bonds is 4. The van der Waals surface area contributed by atoms with Crippen molar-refractivity contribution >= 4 is 46.2 Å². The predicted octanol–water partition coefficient (Wildman–Crippen LogP) is 6.53. The highest BCUT2D eigenvalue weighted by molar-refractivity contribution is 8.22. The van der Waals surface area contributed by atoms with Crippen molar-refractivity contribution in [3.63, 3.8) is 0 Å². The normalized spacial score (nSPS) is 16.4. The van der Waals surface area contributed by atoms with E-state index in [-0.39, 0.29) is 17.4 Å². The maximum absolute atomic E-state index is 13.3. The van der Waals surface area contributed by atoms with Crippen molar-refractivity contribution in [2.24, 2.45) is 0 Å². The SMILES string of the molecule is O=C1/C(=C/c2ccc(F)cc2)CN(C(=S)SCc2ccccc2)C/C1=C\c1ccc(F)cc1. The Labute approximate surface area is 201 Å². The lowest BCUT2D eigenvalue weighted by molar-refractivity contribution is -0.113. The zero-order chi connectivity index (χ0) is 23.2. The molecule has 0 bridgehead atoms. The molecule has 3 aromatic rings. The Hall–Kier alpha value is -3.09. The van der Waals surface area contributed by atoms with E-state index in [1.54, 1.807) is 48.2 Å². The Kier molecular flexibility index (Phi) is 7.47. The van der Waals surface area contributed by atoms with Crippen LogP contribution in [0.4, 0.5) is 8.78 Å². The highest BCUT2D eigenvalue weighted by atomic mass is 32.2. The van der Waals surface area contributed by atoms with Crippen LogP contribution in [0.5, 0.6) is 0 Å². The fourth-order valence-corrected chi connectivity index (χ4v) is 4.60. The Morgan fingerprint density at radius 1 is 0.818 bits per heavy atom. The van der Waals surface area contributed by atoms with Gasteiger partial charge in [0.25, 0.3) is 0 Å². The second-order valence-electron chi connectivity index (χ2n) is 7.67. The summed E-state index contributed by atoms with van der Waals surface area (Å²) >= 11 is 7.26. The minimum Gasteiger partial charge on any atom is -0.349 e. The van der Waals surface area contributed by atoms with Gasteiger partial charge >= 0.3 is 0 Å². The summed E-state index contributed by atoms with van der Waals surface area (Å²) in [6, 6.07) is 22.1. The van der Waals surface area contributed by atoms with Gasteiger partial charge in [-0.2, -0.15) is 0 Å². The molecule has 1 heterocycles. The van der Waals surface area contributed by atoms with Crippen molar-refractivity contribution in [1.29, 1.82) is 0 Å². The summed E-state index contributed by atoms with van der Waals surface area (Å²) in [4.78, 5) is 15.2. The monoisotopic (exact) mass is 477 g/mol. The molecule has 1 aliphatic rings. The summed E-state index contributed by atoms with van der Waals surface area (Å²) in [5.74, 6) is -0.0120. The van der Waals surface area contributed by atoms with Gasteiger partial charge in [0.15, 0.2) is 5.78 Å². The number of hydrogen-bond acceptors (Lipinski definition) is 3. The number of ketones is 1. The molecule has 2 nitrogen and oxygen atoms in total. The van der Waals surface area contributed by atoms with Gasteiger partial charge in [0.05, 0.1) is 0 Å². The van der Waals surface area contributed by atoms with Crippen LogP contribution in [0.25, 0.3) is 12.2 Å². The van der Waals surface area contributed by atoms with Crippen LogP contribution in [0.1, 0.15) is 16.7 Å². The first-order valence-corrected chi connectivity index (χ1v) is 11.8. The molecule has 0 aliphatic carbocycles. The summed E-state index contributed by atoms with van der Waals surface area (Å²) in [6.45, 7) is 0.745. The molecule has 1 fully saturated rings. The van der Waals surface area contributed by atoms with E-state index in [0.717, 1.165) is 16.9 Å². The molecule has 4 rings (SSSR count). The molecule has 0 atom stereocenters. The van der Waals surface area contributed by atoms with Crippen LogP contribution in [-0.4, -0.2) is 28.1 Å². The van der Waals surface area contributed by atoms with Crippen molar-refractivity contribution in [1.82, 2.24) is 4.90 Å². The van der Waals surface area contributed by atoms with Crippen molar-refractivity contribution in [2.45, 2.75) is 5.75 Å². The lowest BCUT2D eigenvalue weighted by Gasteiger charge is -2.31. The van der Waals surface area contributed by atoms with Crippen LogP contribution in [0.2, 0.25) is 0 Å². The topological polar surface area (TPSA) is 20.3 Å². The minimum atomic E-state index is -0.330. The molecule has 0 radical (unpaired) electrons. The summed E-state index contributed by atoms with van der Waals surface area (Å²) in [5.41, 5.74) is 3.80. The van der Waals surface area contributed by atoms with Gasteiger partial charge in [-0.15, -0.1) is 0 Å². The van der Waals surface area contributed by atoms with Crippen LogP contribution in [0, 0.1) is 11.6 Å².